The fourth-order valence-electron chi connectivity index (χ4n) is 2.31. The molecule has 0 aromatic heterocycles. The van der Waals surface area contributed by atoms with E-state index in [4.69, 9.17) is 25.7 Å². The standard InChI is InChI=1S/C14H22N2O3S/c1-4-5-6-8-7-19-13-9(15)11(17-2)12(18-3)10(16)14(13)20-8/h8H,4-7,15-16H2,1-3H3. The number of methoxy groups -OCH3 is 2. The number of thioether (sulfide) groups is 1. The van der Waals surface area contributed by atoms with Crippen LogP contribution in [0.1, 0.15) is 26.2 Å². The molecular formula is C14H22N2O3S. The minimum absolute atomic E-state index is 0.405. The van der Waals surface area contributed by atoms with Crippen LogP contribution < -0.4 is 25.7 Å². The molecule has 0 spiro atoms. The molecule has 5 nitrogen and oxygen atoms in total. The molecule has 1 aromatic carbocycles. The van der Waals surface area contributed by atoms with Crippen molar-refractivity contribution in [2.45, 2.75) is 36.3 Å². The summed E-state index contributed by atoms with van der Waals surface area (Å²) in [5.41, 5.74) is 13.3. The molecule has 1 aliphatic rings. The highest BCUT2D eigenvalue weighted by Crippen LogP contribution is 2.54. The SMILES string of the molecule is CCCCC1COc2c(N)c(OC)c(OC)c(N)c2S1. The Morgan fingerprint density at radius 1 is 1.20 bits per heavy atom. The van der Waals surface area contributed by atoms with Crippen molar-refractivity contribution in [1.82, 2.24) is 0 Å². The number of anilines is 2. The first kappa shape index (κ1) is 15.0. The first-order valence-corrected chi connectivity index (χ1v) is 7.64. The van der Waals surface area contributed by atoms with Crippen LogP contribution >= 0.6 is 11.8 Å². The molecule has 0 aliphatic carbocycles. The van der Waals surface area contributed by atoms with Crippen LogP contribution in [0.4, 0.5) is 11.4 Å². The number of ether oxygens (including phenoxy) is 3. The molecular weight excluding hydrogens is 276 g/mol. The fourth-order valence-corrected chi connectivity index (χ4v) is 3.56. The number of unbranched alkanes of at least 4 members (excludes halogenated alkanes) is 1. The largest absolute Gasteiger partial charge is 0.491 e. The molecule has 112 valence electrons. The number of benzene rings is 1. The van der Waals surface area contributed by atoms with Gasteiger partial charge in [0.1, 0.15) is 12.3 Å². The number of nitrogens with two attached hydrogens (primary N) is 2. The van der Waals surface area contributed by atoms with E-state index in [1.54, 1.807) is 26.0 Å². The van der Waals surface area contributed by atoms with E-state index in [0.29, 0.717) is 40.5 Å². The molecule has 0 fully saturated rings. The van der Waals surface area contributed by atoms with E-state index < -0.39 is 0 Å². The zero-order valence-corrected chi connectivity index (χ0v) is 13.0. The Bertz CT molecular complexity index is 494. The molecule has 1 unspecified atom stereocenters. The van der Waals surface area contributed by atoms with Gasteiger partial charge in [-0.2, -0.15) is 0 Å². The minimum Gasteiger partial charge on any atom is -0.491 e. The van der Waals surface area contributed by atoms with Crippen molar-refractivity contribution in [3.05, 3.63) is 0 Å². The second-order valence-corrected chi connectivity index (χ2v) is 6.06. The maximum atomic E-state index is 6.19. The van der Waals surface area contributed by atoms with Crippen molar-refractivity contribution in [2.24, 2.45) is 0 Å². The third-order valence-electron chi connectivity index (χ3n) is 3.38. The van der Waals surface area contributed by atoms with Crippen molar-refractivity contribution in [2.75, 3.05) is 32.3 Å². The highest BCUT2D eigenvalue weighted by Gasteiger charge is 2.30. The number of hydrogen-bond donors (Lipinski definition) is 2. The van der Waals surface area contributed by atoms with Gasteiger partial charge in [-0.25, -0.2) is 0 Å². The maximum absolute atomic E-state index is 6.19. The number of hydrogen-bond acceptors (Lipinski definition) is 6. The predicted octanol–water partition coefficient (Wildman–Crippen LogP) is 2.91. The highest BCUT2D eigenvalue weighted by molar-refractivity contribution is 8.00. The summed E-state index contributed by atoms with van der Waals surface area (Å²) in [4.78, 5) is 0.868. The summed E-state index contributed by atoms with van der Waals surface area (Å²) >= 11 is 1.72. The lowest BCUT2D eigenvalue weighted by Gasteiger charge is -2.28. The Morgan fingerprint density at radius 2 is 1.85 bits per heavy atom. The highest BCUT2D eigenvalue weighted by atomic mass is 32.2. The van der Waals surface area contributed by atoms with Gasteiger partial charge in [-0.15, -0.1) is 11.8 Å². The first-order valence-electron chi connectivity index (χ1n) is 6.76. The van der Waals surface area contributed by atoms with Crippen LogP contribution in [0.15, 0.2) is 4.90 Å². The van der Waals surface area contributed by atoms with Crippen molar-refractivity contribution in [3.63, 3.8) is 0 Å². The molecule has 0 amide bonds. The lowest BCUT2D eigenvalue weighted by Crippen LogP contribution is -2.21. The van der Waals surface area contributed by atoms with Gasteiger partial charge in [0, 0.05) is 5.25 Å². The molecule has 6 heteroatoms. The van der Waals surface area contributed by atoms with E-state index in [2.05, 4.69) is 6.92 Å². The van der Waals surface area contributed by atoms with Crippen LogP contribution in [-0.2, 0) is 0 Å². The lowest BCUT2D eigenvalue weighted by molar-refractivity contribution is 0.293. The van der Waals surface area contributed by atoms with Crippen LogP contribution in [-0.4, -0.2) is 26.1 Å². The Hall–Kier alpha value is -1.43. The van der Waals surface area contributed by atoms with Gasteiger partial charge in [0.25, 0.3) is 0 Å². The summed E-state index contributed by atoms with van der Waals surface area (Å²) in [6.45, 7) is 2.83. The average Bonchev–Trinajstić information content (AvgIpc) is 2.48. The number of rotatable bonds is 5. The van der Waals surface area contributed by atoms with Gasteiger partial charge in [0.2, 0.25) is 0 Å². The zero-order chi connectivity index (χ0) is 14.7. The van der Waals surface area contributed by atoms with E-state index >= 15 is 0 Å². The molecule has 1 aliphatic heterocycles. The second kappa shape index (κ2) is 6.35. The quantitative estimate of drug-likeness (QED) is 0.814. The van der Waals surface area contributed by atoms with Crippen molar-refractivity contribution >= 4 is 23.1 Å². The summed E-state index contributed by atoms with van der Waals surface area (Å²) in [6.07, 6.45) is 3.46. The third kappa shape index (κ3) is 2.57. The van der Waals surface area contributed by atoms with Gasteiger partial charge < -0.3 is 25.7 Å². The average molecular weight is 298 g/mol. The zero-order valence-electron chi connectivity index (χ0n) is 12.2. The molecule has 0 saturated carbocycles. The smallest absolute Gasteiger partial charge is 0.189 e. The summed E-state index contributed by atoms with van der Waals surface area (Å²) in [7, 11) is 3.10. The predicted molar refractivity (Wildman–Crippen MR) is 83.0 cm³/mol. The molecule has 1 aromatic rings. The Kier molecular flexibility index (Phi) is 4.75. The second-order valence-electron chi connectivity index (χ2n) is 4.75. The first-order chi connectivity index (χ1) is 9.63. The minimum atomic E-state index is 0.405. The Labute approximate surface area is 123 Å². The van der Waals surface area contributed by atoms with Crippen LogP contribution in [0.3, 0.4) is 0 Å². The molecule has 20 heavy (non-hydrogen) atoms. The summed E-state index contributed by atoms with van der Waals surface area (Å²) in [5.74, 6) is 1.55. The Morgan fingerprint density at radius 3 is 2.45 bits per heavy atom. The van der Waals surface area contributed by atoms with Crippen LogP contribution in [0, 0.1) is 0 Å². The lowest BCUT2D eigenvalue weighted by atomic mass is 10.2. The van der Waals surface area contributed by atoms with E-state index in [0.717, 1.165) is 11.3 Å². The van der Waals surface area contributed by atoms with E-state index in [1.807, 2.05) is 0 Å². The van der Waals surface area contributed by atoms with Crippen molar-refractivity contribution < 1.29 is 14.2 Å². The molecule has 2 rings (SSSR count). The van der Waals surface area contributed by atoms with Crippen LogP contribution in [0.2, 0.25) is 0 Å². The molecule has 1 heterocycles. The maximum Gasteiger partial charge on any atom is 0.189 e. The van der Waals surface area contributed by atoms with Gasteiger partial charge >= 0.3 is 0 Å². The Balaban J connectivity index is 2.39. The third-order valence-corrected chi connectivity index (χ3v) is 4.72. The summed E-state index contributed by atoms with van der Waals surface area (Å²) in [6, 6.07) is 0. The van der Waals surface area contributed by atoms with Crippen LogP contribution in [0.25, 0.3) is 0 Å². The van der Waals surface area contributed by atoms with Crippen molar-refractivity contribution in [1.29, 1.82) is 0 Å². The van der Waals surface area contributed by atoms with Gasteiger partial charge in [-0.1, -0.05) is 19.8 Å². The van der Waals surface area contributed by atoms with E-state index in [9.17, 15) is 0 Å². The number of nitrogen functional groups attached to an aromatic ring is 2. The number of fused-ring (bicyclic) bond motifs is 1. The van der Waals surface area contributed by atoms with Crippen molar-refractivity contribution in [3.8, 4) is 17.2 Å². The fraction of sp³-hybridized carbons (Fsp3) is 0.571. The molecule has 4 N–H and O–H groups in total. The molecule has 0 saturated heterocycles. The summed E-state index contributed by atoms with van der Waals surface area (Å²) in [5, 5.41) is 0.405. The topological polar surface area (TPSA) is 79.7 Å². The molecule has 0 radical (unpaired) electrons. The molecule has 0 bridgehead atoms. The summed E-state index contributed by atoms with van der Waals surface area (Å²) < 4.78 is 16.4. The molecule has 1 atom stereocenters. The van der Waals surface area contributed by atoms with Crippen LogP contribution in [0.5, 0.6) is 17.2 Å². The van der Waals surface area contributed by atoms with E-state index in [-0.39, 0.29) is 0 Å². The van der Waals surface area contributed by atoms with E-state index in [1.165, 1.54) is 12.8 Å². The monoisotopic (exact) mass is 298 g/mol. The van der Waals surface area contributed by atoms with Gasteiger partial charge in [0.05, 0.1) is 24.8 Å². The normalized spacial score (nSPS) is 17.2. The van der Waals surface area contributed by atoms with Gasteiger partial charge in [-0.05, 0) is 6.42 Å². The van der Waals surface area contributed by atoms with Gasteiger partial charge in [-0.3, -0.25) is 0 Å². The van der Waals surface area contributed by atoms with Gasteiger partial charge in [0.15, 0.2) is 17.2 Å².